The fraction of sp³-hybridized carbons (Fsp3) is 0.625. The third-order valence-corrected chi connectivity index (χ3v) is 4.40. The zero-order chi connectivity index (χ0) is 13.2. The summed E-state index contributed by atoms with van der Waals surface area (Å²) in [5.41, 5.74) is 1.69. The molecule has 2 heteroatoms. The maximum atomic E-state index is 3.43. The van der Waals surface area contributed by atoms with Gasteiger partial charge in [-0.3, -0.25) is 4.90 Å². The van der Waals surface area contributed by atoms with Gasteiger partial charge >= 0.3 is 0 Å². The first kappa shape index (κ1) is 13.6. The number of rotatable bonds is 3. The molecule has 1 saturated heterocycles. The van der Waals surface area contributed by atoms with Gasteiger partial charge in [0.25, 0.3) is 0 Å². The summed E-state index contributed by atoms with van der Waals surface area (Å²) in [6, 6.07) is 12.0. The van der Waals surface area contributed by atoms with Gasteiger partial charge in [-0.25, -0.2) is 0 Å². The van der Waals surface area contributed by atoms with E-state index in [1.165, 1.54) is 24.9 Å². The molecule has 1 aromatic carbocycles. The van der Waals surface area contributed by atoms with Crippen LogP contribution in [0.5, 0.6) is 0 Å². The molecule has 18 heavy (non-hydrogen) atoms. The molecule has 0 radical (unpaired) electrons. The lowest BCUT2D eigenvalue weighted by Gasteiger charge is -2.48. The summed E-state index contributed by atoms with van der Waals surface area (Å²) in [6.45, 7) is 8.25. The van der Waals surface area contributed by atoms with Crippen molar-refractivity contribution in [3.8, 4) is 0 Å². The van der Waals surface area contributed by atoms with Crippen molar-refractivity contribution in [3.05, 3.63) is 35.9 Å². The van der Waals surface area contributed by atoms with Gasteiger partial charge < -0.3 is 5.32 Å². The third-order valence-electron chi connectivity index (χ3n) is 4.40. The van der Waals surface area contributed by atoms with Crippen LogP contribution >= 0.6 is 0 Å². The molecule has 1 N–H and O–H groups in total. The molecular weight excluding hydrogens is 220 g/mol. The summed E-state index contributed by atoms with van der Waals surface area (Å²) >= 11 is 0. The highest BCUT2D eigenvalue weighted by Gasteiger charge is 2.36. The van der Waals surface area contributed by atoms with Crippen molar-refractivity contribution in [1.29, 1.82) is 0 Å². The topological polar surface area (TPSA) is 15.3 Å². The minimum atomic E-state index is 0.265. The van der Waals surface area contributed by atoms with E-state index in [9.17, 15) is 0 Å². The molecule has 2 atom stereocenters. The standard InChI is InChI=1S/C16H26N2/c1-13(14-8-6-5-7-9-14)18-11-10-15(17-4)12-16(18,2)3/h5-9,13,15,17H,10-12H2,1-4H3. The molecule has 0 bridgehead atoms. The number of piperidine rings is 1. The smallest absolute Gasteiger partial charge is 0.0325 e. The van der Waals surface area contributed by atoms with Crippen molar-refractivity contribution in [2.45, 2.75) is 51.2 Å². The highest BCUT2D eigenvalue weighted by Crippen LogP contribution is 2.35. The van der Waals surface area contributed by atoms with Gasteiger partial charge in [-0.05, 0) is 46.2 Å². The zero-order valence-corrected chi connectivity index (χ0v) is 12.1. The molecule has 100 valence electrons. The monoisotopic (exact) mass is 246 g/mol. The van der Waals surface area contributed by atoms with Gasteiger partial charge in [-0.1, -0.05) is 30.3 Å². The minimum absolute atomic E-state index is 0.265. The molecule has 0 amide bonds. The van der Waals surface area contributed by atoms with Crippen LogP contribution in [0, 0.1) is 0 Å². The van der Waals surface area contributed by atoms with Crippen LogP contribution in [0.1, 0.15) is 45.2 Å². The Morgan fingerprint density at radius 2 is 1.94 bits per heavy atom. The van der Waals surface area contributed by atoms with Gasteiger partial charge in [-0.2, -0.15) is 0 Å². The molecule has 1 aliphatic rings. The second kappa shape index (κ2) is 5.41. The average Bonchev–Trinajstić information content (AvgIpc) is 2.38. The van der Waals surface area contributed by atoms with Crippen molar-refractivity contribution in [2.24, 2.45) is 0 Å². The Labute approximate surface area is 111 Å². The van der Waals surface area contributed by atoms with E-state index in [1.807, 2.05) is 0 Å². The summed E-state index contributed by atoms with van der Waals surface area (Å²) in [5.74, 6) is 0. The largest absolute Gasteiger partial charge is 0.317 e. The van der Waals surface area contributed by atoms with E-state index in [4.69, 9.17) is 0 Å². The molecule has 2 nitrogen and oxygen atoms in total. The maximum absolute atomic E-state index is 3.43. The maximum Gasteiger partial charge on any atom is 0.0325 e. The van der Waals surface area contributed by atoms with Crippen LogP contribution in [-0.4, -0.2) is 30.1 Å². The molecule has 0 spiro atoms. The van der Waals surface area contributed by atoms with Crippen molar-refractivity contribution in [1.82, 2.24) is 10.2 Å². The second-order valence-corrected chi connectivity index (χ2v) is 6.07. The van der Waals surface area contributed by atoms with Crippen molar-refractivity contribution < 1.29 is 0 Å². The Kier molecular flexibility index (Phi) is 4.08. The molecule has 2 unspecified atom stereocenters. The summed E-state index contributed by atoms with van der Waals surface area (Å²) in [5, 5.41) is 3.43. The van der Waals surface area contributed by atoms with Crippen LogP contribution in [0.4, 0.5) is 0 Å². The van der Waals surface area contributed by atoms with E-state index < -0.39 is 0 Å². The van der Waals surface area contributed by atoms with Crippen LogP contribution in [0.15, 0.2) is 30.3 Å². The zero-order valence-electron chi connectivity index (χ0n) is 12.1. The summed E-state index contributed by atoms with van der Waals surface area (Å²) in [7, 11) is 2.08. The Bertz CT molecular complexity index is 372. The Balaban J connectivity index is 2.13. The fourth-order valence-corrected chi connectivity index (χ4v) is 3.30. The van der Waals surface area contributed by atoms with Gasteiger partial charge in [0.05, 0.1) is 0 Å². The van der Waals surface area contributed by atoms with Crippen LogP contribution in [-0.2, 0) is 0 Å². The van der Waals surface area contributed by atoms with E-state index in [1.54, 1.807) is 0 Å². The Hall–Kier alpha value is -0.860. The summed E-state index contributed by atoms with van der Waals surface area (Å²) in [6.07, 6.45) is 2.47. The number of nitrogens with one attached hydrogen (secondary N) is 1. The Morgan fingerprint density at radius 1 is 1.28 bits per heavy atom. The van der Waals surface area contributed by atoms with E-state index in [0.717, 1.165) is 0 Å². The first-order valence-electron chi connectivity index (χ1n) is 7.03. The molecule has 1 fully saturated rings. The number of likely N-dealkylation sites (tertiary alicyclic amines) is 1. The van der Waals surface area contributed by atoms with E-state index in [0.29, 0.717) is 12.1 Å². The lowest BCUT2D eigenvalue weighted by Crippen LogP contribution is -2.54. The molecule has 0 aliphatic carbocycles. The van der Waals surface area contributed by atoms with Crippen LogP contribution < -0.4 is 5.32 Å². The lowest BCUT2D eigenvalue weighted by molar-refractivity contribution is 0.0257. The number of nitrogens with zero attached hydrogens (tertiary/aromatic N) is 1. The van der Waals surface area contributed by atoms with Crippen LogP contribution in [0.2, 0.25) is 0 Å². The highest BCUT2D eigenvalue weighted by molar-refractivity contribution is 5.19. The van der Waals surface area contributed by atoms with E-state index >= 15 is 0 Å². The highest BCUT2D eigenvalue weighted by atomic mass is 15.2. The van der Waals surface area contributed by atoms with E-state index in [2.05, 4.69) is 68.4 Å². The normalized spacial score (nSPS) is 25.9. The molecular formula is C16H26N2. The van der Waals surface area contributed by atoms with Crippen LogP contribution in [0.3, 0.4) is 0 Å². The average molecular weight is 246 g/mol. The van der Waals surface area contributed by atoms with Crippen molar-refractivity contribution >= 4 is 0 Å². The second-order valence-electron chi connectivity index (χ2n) is 6.07. The Morgan fingerprint density at radius 3 is 2.50 bits per heavy atom. The number of hydrogen-bond acceptors (Lipinski definition) is 2. The molecule has 2 rings (SSSR count). The molecule has 1 heterocycles. The molecule has 0 aromatic heterocycles. The first-order chi connectivity index (χ1) is 8.54. The number of benzene rings is 1. The van der Waals surface area contributed by atoms with Gasteiger partial charge in [0.2, 0.25) is 0 Å². The van der Waals surface area contributed by atoms with Crippen molar-refractivity contribution in [3.63, 3.8) is 0 Å². The van der Waals surface area contributed by atoms with Gasteiger partial charge in [0, 0.05) is 24.2 Å². The quantitative estimate of drug-likeness (QED) is 0.881. The predicted octanol–water partition coefficient (Wildman–Crippen LogP) is 3.21. The minimum Gasteiger partial charge on any atom is -0.317 e. The molecule has 1 aliphatic heterocycles. The lowest BCUT2D eigenvalue weighted by atomic mass is 9.85. The summed E-state index contributed by atoms with van der Waals surface area (Å²) < 4.78 is 0. The number of hydrogen-bond donors (Lipinski definition) is 1. The third kappa shape index (κ3) is 2.76. The van der Waals surface area contributed by atoms with Crippen LogP contribution in [0.25, 0.3) is 0 Å². The molecule has 0 saturated carbocycles. The van der Waals surface area contributed by atoms with Gasteiger partial charge in [-0.15, -0.1) is 0 Å². The summed E-state index contributed by atoms with van der Waals surface area (Å²) in [4.78, 5) is 2.65. The van der Waals surface area contributed by atoms with Crippen molar-refractivity contribution in [2.75, 3.05) is 13.6 Å². The van der Waals surface area contributed by atoms with E-state index in [-0.39, 0.29) is 5.54 Å². The van der Waals surface area contributed by atoms with Gasteiger partial charge in [0.15, 0.2) is 0 Å². The SMILES string of the molecule is CNC1CCN(C(C)c2ccccc2)C(C)(C)C1. The predicted molar refractivity (Wildman–Crippen MR) is 77.7 cm³/mol. The molecule has 1 aromatic rings. The first-order valence-corrected chi connectivity index (χ1v) is 7.03. The van der Waals surface area contributed by atoms with Gasteiger partial charge in [0.1, 0.15) is 0 Å². The fourth-order valence-electron chi connectivity index (χ4n) is 3.30.